The van der Waals surface area contributed by atoms with Crippen molar-refractivity contribution in [3.8, 4) is 11.5 Å². The van der Waals surface area contributed by atoms with E-state index in [0.29, 0.717) is 0 Å². The first kappa shape index (κ1) is 9.50. The van der Waals surface area contributed by atoms with E-state index in [4.69, 9.17) is 5.73 Å². The molecule has 0 atom stereocenters. The van der Waals surface area contributed by atoms with Gasteiger partial charge in [-0.3, -0.25) is 0 Å². The highest BCUT2D eigenvalue weighted by molar-refractivity contribution is 5.54. The fraction of sp³-hybridized carbons (Fsp3) is 0. The lowest BCUT2D eigenvalue weighted by molar-refractivity contribution is 0.446. The average molecular weight is 215 g/mol. The van der Waals surface area contributed by atoms with E-state index in [1.165, 1.54) is 0 Å². The molecular formula is C8H4F3N3O. The van der Waals surface area contributed by atoms with Crippen LogP contribution in [-0.4, -0.2) is 10.2 Å². The van der Waals surface area contributed by atoms with Gasteiger partial charge >= 0.3 is 6.01 Å². The third-order valence-electron chi connectivity index (χ3n) is 1.71. The van der Waals surface area contributed by atoms with Crippen LogP contribution in [0, 0.1) is 17.5 Å². The first-order valence-electron chi connectivity index (χ1n) is 3.82. The van der Waals surface area contributed by atoms with Gasteiger partial charge in [-0.25, -0.2) is 13.2 Å². The van der Waals surface area contributed by atoms with Gasteiger partial charge in [-0.1, -0.05) is 5.10 Å². The number of hydrogen-bond donors (Lipinski definition) is 1. The second-order valence-corrected chi connectivity index (χ2v) is 2.67. The minimum absolute atomic E-state index is 0.283. The zero-order chi connectivity index (χ0) is 11.0. The number of nitrogens with zero attached hydrogens (tertiary/aromatic N) is 2. The zero-order valence-corrected chi connectivity index (χ0v) is 7.17. The second kappa shape index (κ2) is 3.26. The maximum atomic E-state index is 13.2. The lowest BCUT2D eigenvalue weighted by Gasteiger charge is -1.99. The molecular weight excluding hydrogens is 211 g/mol. The molecule has 1 aromatic heterocycles. The Hall–Kier alpha value is -2.05. The maximum Gasteiger partial charge on any atom is 0.313 e. The summed E-state index contributed by atoms with van der Waals surface area (Å²) in [6, 6.07) is 1.46. The monoisotopic (exact) mass is 215 g/mol. The van der Waals surface area contributed by atoms with Crippen molar-refractivity contribution in [2.75, 3.05) is 5.73 Å². The molecule has 78 valence electrons. The fourth-order valence-electron chi connectivity index (χ4n) is 1.03. The van der Waals surface area contributed by atoms with Crippen molar-refractivity contribution in [2.24, 2.45) is 0 Å². The molecule has 0 amide bonds. The minimum atomic E-state index is -1.59. The van der Waals surface area contributed by atoms with Crippen molar-refractivity contribution in [1.82, 2.24) is 10.2 Å². The summed E-state index contributed by atoms with van der Waals surface area (Å²) in [6.07, 6.45) is 0. The largest absolute Gasteiger partial charge is 0.403 e. The van der Waals surface area contributed by atoms with Gasteiger partial charge in [0.05, 0.1) is 5.56 Å². The van der Waals surface area contributed by atoms with Gasteiger partial charge in [0.25, 0.3) is 5.89 Å². The van der Waals surface area contributed by atoms with Crippen molar-refractivity contribution in [3.63, 3.8) is 0 Å². The van der Waals surface area contributed by atoms with Crippen LogP contribution in [0.2, 0.25) is 0 Å². The summed E-state index contributed by atoms with van der Waals surface area (Å²) in [6.45, 7) is 0. The molecule has 7 heteroatoms. The van der Waals surface area contributed by atoms with E-state index in [2.05, 4.69) is 14.6 Å². The highest BCUT2D eigenvalue weighted by atomic mass is 19.2. The van der Waals surface area contributed by atoms with E-state index >= 15 is 0 Å². The lowest BCUT2D eigenvalue weighted by Crippen LogP contribution is -1.93. The number of nitrogen functional groups attached to an aromatic ring is 1. The lowest BCUT2D eigenvalue weighted by atomic mass is 10.2. The predicted molar refractivity (Wildman–Crippen MR) is 44.0 cm³/mol. The first-order valence-corrected chi connectivity index (χ1v) is 3.82. The molecule has 0 fully saturated rings. The number of rotatable bonds is 1. The van der Waals surface area contributed by atoms with E-state index in [1.807, 2.05) is 0 Å². The van der Waals surface area contributed by atoms with Crippen molar-refractivity contribution < 1.29 is 17.6 Å². The summed E-state index contributed by atoms with van der Waals surface area (Å²) in [4.78, 5) is 0. The molecule has 0 aliphatic rings. The highest BCUT2D eigenvalue weighted by Crippen LogP contribution is 2.24. The molecule has 0 radical (unpaired) electrons. The molecule has 2 N–H and O–H groups in total. The summed E-state index contributed by atoms with van der Waals surface area (Å²) in [7, 11) is 0. The topological polar surface area (TPSA) is 64.9 Å². The molecule has 4 nitrogen and oxygen atoms in total. The highest BCUT2D eigenvalue weighted by Gasteiger charge is 2.18. The van der Waals surface area contributed by atoms with E-state index in [0.717, 1.165) is 12.1 Å². The van der Waals surface area contributed by atoms with Crippen LogP contribution in [0.5, 0.6) is 0 Å². The van der Waals surface area contributed by atoms with Crippen molar-refractivity contribution in [2.45, 2.75) is 0 Å². The smallest absolute Gasteiger partial charge is 0.313 e. The van der Waals surface area contributed by atoms with Gasteiger partial charge in [0.1, 0.15) is 0 Å². The molecule has 1 aromatic carbocycles. The third kappa shape index (κ3) is 1.51. The molecule has 0 aliphatic carbocycles. The molecule has 15 heavy (non-hydrogen) atoms. The number of hydrogen-bond acceptors (Lipinski definition) is 4. The molecule has 0 bridgehead atoms. The van der Waals surface area contributed by atoms with Crippen molar-refractivity contribution in [1.29, 1.82) is 0 Å². The zero-order valence-electron chi connectivity index (χ0n) is 7.17. The van der Waals surface area contributed by atoms with E-state index in [-0.39, 0.29) is 17.5 Å². The summed E-state index contributed by atoms with van der Waals surface area (Å²) in [5.74, 6) is -4.57. The summed E-state index contributed by atoms with van der Waals surface area (Å²) < 4.78 is 43.2. The molecule has 0 saturated carbocycles. The summed E-state index contributed by atoms with van der Waals surface area (Å²) >= 11 is 0. The van der Waals surface area contributed by atoms with Crippen LogP contribution in [0.4, 0.5) is 19.2 Å². The summed E-state index contributed by atoms with van der Waals surface area (Å²) in [5, 5.41) is 6.61. The molecule has 0 aliphatic heterocycles. The molecule has 0 unspecified atom stereocenters. The first-order chi connectivity index (χ1) is 7.09. The Morgan fingerprint density at radius 3 is 2.40 bits per heavy atom. The Kier molecular flexibility index (Phi) is 2.07. The van der Waals surface area contributed by atoms with E-state index in [1.54, 1.807) is 0 Å². The Bertz CT molecular complexity index is 512. The maximum absolute atomic E-state index is 13.2. The Morgan fingerprint density at radius 2 is 1.80 bits per heavy atom. The van der Waals surface area contributed by atoms with E-state index in [9.17, 15) is 13.2 Å². The van der Waals surface area contributed by atoms with Crippen LogP contribution in [0.25, 0.3) is 11.5 Å². The number of benzene rings is 1. The van der Waals surface area contributed by atoms with Gasteiger partial charge in [0.2, 0.25) is 0 Å². The van der Waals surface area contributed by atoms with Gasteiger partial charge in [-0.05, 0) is 12.1 Å². The standard InChI is InChI=1S/C8H4F3N3O/c9-4-2-1-3(5(10)6(4)11)7-13-14-8(12)15-7/h1-2H,(H2,12,14). The van der Waals surface area contributed by atoms with E-state index < -0.39 is 17.5 Å². The van der Waals surface area contributed by atoms with Crippen molar-refractivity contribution in [3.05, 3.63) is 29.6 Å². The van der Waals surface area contributed by atoms with Crippen LogP contribution in [-0.2, 0) is 0 Å². The van der Waals surface area contributed by atoms with Crippen LogP contribution in [0.1, 0.15) is 0 Å². The molecule has 0 spiro atoms. The molecule has 2 rings (SSSR count). The number of aromatic nitrogens is 2. The Labute approximate surface area is 81.5 Å². The van der Waals surface area contributed by atoms with Crippen LogP contribution in [0.3, 0.4) is 0 Å². The average Bonchev–Trinajstić information content (AvgIpc) is 2.61. The Morgan fingerprint density at radius 1 is 1.07 bits per heavy atom. The quantitative estimate of drug-likeness (QED) is 0.736. The minimum Gasteiger partial charge on any atom is -0.403 e. The fourth-order valence-corrected chi connectivity index (χ4v) is 1.03. The van der Waals surface area contributed by atoms with Gasteiger partial charge in [0, 0.05) is 0 Å². The number of nitrogens with two attached hydrogens (primary N) is 1. The molecule has 0 saturated heterocycles. The third-order valence-corrected chi connectivity index (χ3v) is 1.71. The normalized spacial score (nSPS) is 10.6. The van der Waals surface area contributed by atoms with Gasteiger partial charge < -0.3 is 10.2 Å². The SMILES string of the molecule is Nc1nnc(-c2ccc(F)c(F)c2F)o1. The molecule has 2 aromatic rings. The van der Waals surface area contributed by atoms with Gasteiger partial charge in [-0.2, -0.15) is 0 Å². The van der Waals surface area contributed by atoms with Crippen LogP contribution in [0.15, 0.2) is 16.5 Å². The van der Waals surface area contributed by atoms with Crippen LogP contribution >= 0.6 is 0 Å². The second-order valence-electron chi connectivity index (χ2n) is 2.67. The van der Waals surface area contributed by atoms with Crippen LogP contribution < -0.4 is 5.73 Å². The number of anilines is 1. The number of halogens is 3. The van der Waals surface area contributed by atoms with Gasteiger partial charge in [0.15, 0.2) is 17.5 Å². The molecule has 1 heterocycles. The van der Waals surface area contributed by atoms with Gasteiger partial charge in [-0.15, -0.1) is 5.10 Å². The Balaban J connectivity index is 2.59. The van der Waals surface area contributed by atoms with Crippen molar-refractivity contribution >= 4 is 6.01 Å². The predicted octanol–water partition coefficient (Wildman–Crippen LogP) is 1.74. The summed E-state index contributed by atoms with van der Waals surface area (Å²) in [5.41, 5.74) is 4.77.